The van der Waals surface area contributed by atoms with Crippen molar-refractivity contribution >= 4 is 11.6 Å². The van der Waals surface area contributed by atoms with Crippen LogP contribution in [-0.4, -0.2) is 28.0 Å². The molecule has 1 N–H and O–H groups in total. The summed E-state index contributed by atoms with van der Waals surface area (Å²) >= 11 is 0. The van der Waals surface area contributed by atoms with E-state index in [4.69, 9.17) is 9.47 Å². The minimum Gasteiger partial charge on any atom is -0.497 e. The van der Waals surface area contributed by atoms with Crippen molar-refractivity contribution in [2.75, 3.05) is 12.4 Å². The summed E-state index contributed by atoms with van der Waals surface area (Å²) in [4.78, 5) is 23.8. The molecule has 0 spiro atoms. The number of carbonyl (C=O) groups is 1. The summed E-state index contributed by atoms with van der Waals surface area (Å²) < 4.78 is 24.3. The van der Waals surface area contributed by atoms with Crippen molar-refractivity contribution in [3.05, 3.63) is 66.8 Å². The molecule has 126 valence electrons. The monoisotopic (exact) mass is 340 g/mol. The van der Waals surface area contributed by atoms with Gasteiger partial charge in [0.1, 0.15) is 29.3 Å². The molecule has 0 saturated heterocycles. The first kappa shape index (κ1) is 16.3. The van der Waals surface area contributed by atoms with E-state index in [-0.39, 0.29) is 17.1 Å². The lowest BCUT2D eigenvalue weighted by Gasteiger charge is -2.09. The van der Waals surface area contributed by atoms with E-state index in [9.17, 15) is 9.18 Å². The molecule has 0 bridgehead atoms. The molecule has 8 heteroatoms. The number of amides is 1. The highest BCUT2D eigenvalue weighted by molar-refractivity contribution is 6.03. The van der Waals surface area contributed by atoms with E-state index in [1.807, 2.05) is 0 Å². The third kappa shape index (κ3) is 4.25. The molecule has 3 rings (SSSR count). The average Bonchev–Trinajstić information content (AvgIpc) is 2.62. The number of methoxy groups -OCH3 is 1. The fraction of sp³-hybridized carbons (Fsp3) is 0.0588. The number of hydrogen-bond donors (Lipinski definition) is 1. The minimum absolute atomic E-state index is 0.141. The van der Waals surface area contributed by atoms with E-state index in [1.165, 1.54) is 56.3 Å². The van der Waals surface area contributed by atoms with Gasteiger partial charge in [-0.25, -0.2) is 14.4 Å². The quantitative estimate of drug-likeness (QED) is 0.768. The predicted molar refractivity (Wildman–Crippen MR) is 87.2 cm³/mol. The first-order valence-electron chi connectivity index (χ1n) is 7.19. The summed E-state index contributed by atoms with van der Waals surface area (Å²) in [5, 5.41) is 2.57. The molecular weight excluding hydrogens is 327 g/mol. The predicted octanol–water partition coefficient (Wildman–Crippen LogP) is 3.06. The van der Waals surface area contributed by atoms with Crippen LogP contribution in [0, 0.1) is 5.82 Å². The van der Waals surface area contributed by atoms with Crippen molar-refractivity contribution < 1.29 is 18.7 Å². The van der Waals surface area contributed by atoms with Gasteiger partial charge in [0.2, 0.25) is 0 Å². The maximum Gasteiger partial charge on any atom is 0.274 e. The van der Waals surface area contributed by atoms with Crippen LogP contribution in [0.5, 0.6) is 17.2 Å². The Hall–Kier alpha value is -3.55. The number of rotatable bonds is 5. The van der Waals surface area contributed by atoms with Crippen molar-refractivity contribution in [3.8, 4) is 17.2 Å². The normalized spacial score (nSPS) is 10.2. The van der Waals surface area contributed by atoms with Crippen LogP contribution >= 0.6 is 0 Å². The highest BCUT2D eigenvalue weighted by Gasteiger charge is 2.11. The number of anilines is 1. The maximum atomic E-state index is 13.8. The molecule has 1 amide bonds. The first-order chi connectivity index (χ1) is 12.1. The number of carbonyl (C=O) groups excluding carboxylic acids is 1. The number of ether oxygens (including phenoxy) is 2. The van der Waals surface area contributed by atoms with Crippen LogP contribution in [0.4, 0.5) is 10.1 Å². The first-order valence-corrected chi connectivity index (χ1v) is 7.19. The minimum atomic E-state index is -0.566. The third-order valence-electron chi connectivity index (χ3n) is 3.10. The SMILES string of the molecule is COc1ccnc(C(=O)Nc2cc(F)cc(Oc3cncnc3)c2)c1. The molecule has 25 heavy (non-hydrogen) atoms. The van der Waals surface area contributed by atoms with Crippen LogP contribution in [0.2, 0.25) is 0 Å². The van der Waals surface area contributed by atoms with Gasteiger partial charge < -0.3 is 14.8 Å². The molecule has 0 aliphatic heterocycles. The van der Waals surface area contributed by atoms with Crippen molar-refractivity contribution in [1.82, 2.24) is 15.0 Å². The second-order valence-corrected chi connectivity index (χ2v) is 4.89. The van der Waals surface area contributed by atoms with Crippen molar-refractivity contribution in [2.45, 2.75) is 0 Å². The molecule has 7 nitrogen and oxygen atoms in total. The molecule has 3 aromatic rings. The zero-order chi connectivity index (χ0) is 17.6. The average molecular weight is 340 g/mol. The second-order valence-electron chi connectivity index (χ2n) is 4.89. The summed E-state index contributed by atoms with van der Waals surface area (Å²) in [7, 11) is 1.49. The topological polar surface area (TPSA) is 86.2 Å². The van der Waals surface area contributed by atoms with Gasteiger partial charge in [-0.05, 0) is 12.1 Å². The Bertz CT molecular complexity index is 890. The molecule has 0 radical (unpaired) electrons. The third-order valence-corrected chi connectivity index (χ3v) is 3.10. The Balaban J connectivity index is 1.79. The maximum absolute atomic E-state index is 13.8. The van der Waals surface area contributed by atoms with Gasteiger partial charge >= 0.3 is 0 Å². The molecule has 2 heterocycles. The van der Waals surface area contributed by atoms with Crippen molar-refractivity contribution in [1.29, 1.82) is 0 Å². The number of nitrogens with one attached hydrogen (secondary N) is 1. The van der Waals surface area contributed by atoms with Gasteiger partial charge in [-0.3, -0.25) is 9.78 Å². The van der Waals surface area contributed by atoms with E-state index in [0.29, 0.717) is 11.5 Å². The Morgan fingerprint density at radius 2 is 1.88 bits per heavy atom. The Labute approximate surface area is 142 Å². The van der Waals surface area contributed by atoms with Gasteiger partial charge in [0.25, 0.3) is 5.91 Å². The standard InChI is InChI=1S/C17H13FN4O3/c1-24-13-2-3-21-16(7-13)17(23)22-12-4-11(18)5-14(6-12)25-15-8-19-10-20-9-15/h2-10H,1H3,(H,22,23). The van der Waals surface area contributed by atoms with E-state index >= 15 is 0 Å². The van der Waals surface area contributed by atoms with Crippen LogP contribution in [0.25, 0.3) is 0 Å². The molecule has 0 atom stereocenters. The summed E-state index contributed by atoms with van der Waals surface area (Å²) in [6, 6.07) is 6.94. The number of aromatic nitrogens is 3. The zero-order valence-corrected chi connectivity index (χ0v) is 13.1. The number of hydrogen-bond acceptors (Lipinski definition) is 6. The fourth-order valence-electron chi connectivity index (χ4n) is 2.03. The van der Waals surface area contributed by atoms with Crippen LogP contribution < -0.4 is 14.8 Å². The highest BCUT2D eigenvalue weighted by atomic mass is 19.1. The summed E-state index contributed by atoms with van der Waals surface area (Å²) in [5.74, 6) is -0.0298. The molecule has 0 aliphatic carbocycles. The number of nitrogens with zero attached hydrogens (tertiary/aromatic N) is 3. The lowest BCUT2D eigenvalue weighted by Crippen LogP contribution is -2.13. The van der Waals surface area contributed by atoms with Gasteiger partial charge in [-0.2, -0.15) is 0 Å². The summed E-state index contributed by atoms with van der Waals surface area (Å²) in [6.07, 6.45) is 5.68. The van der Waals surface area contributed by atoms with Gasteiger partial charge in [-0.1, -0.05) is 0 Å². The van der Waals surface area contributed by atoms with Crippen LogP contribution in [0.15, 0.2) is 55.2 Å². The second kappa shape index (κ2) is 7.35. The van der Waals surface area contributed by atoms with Crippen molar-refractivity contribution in [2.24, 2.45) is 0 Å². The van der Waals surface area contributed by atoms with Crippen LogP contribution in [0.1, 0.15) is 10.5 Å². The number of benzene rings is 1. The Morgan fingerprint density at radius 3 is 2.64 bits per heavy atom. The van der Waals surface area contributed by atoms with Crippen LogP contribution in [-0.2, 0) is 0 Å². The lowest BCUT2D eigenvalue weighted by molar-refractivity contribution is 0.102. The Morgan fingerprint density at radius 1 is 1.08 bits per heavy atom. The van der Waals surface area contributed by atoms with Gasteiger partial charge in [-0.15, -0.1) is 0 Å². The molecule has 0 saturated carbocycles. The smallest absolute Gasteiger partial charge is 0.274 e. The van der Waals surface area contributed by atoms with Gasteiger partial charge in [0.05, 0.1) is 19.5 Å². The highest BCUT2D eigenvalue weighted by Crippen LogP contribution is 2.25. The molecule has 2 aromatic heterocycles. The summed E-state index contributed by atoms with van der Waals surface area (Å²) in [5.41, 5.74) is 0.365. The zero-order valence-electron chi connectivity index (χ0n) is 13.1. The van der Waals surface area contributed by atoms with E-state index in [1.54, 1.807) is 6.07 Å². The fourth-order valence-corrected chi connectivity index (χ4v) is 2.03. The number of halogens is 1. The number of pyridine rings is 1. The van der Waals surface area contributed by atoms with E-state index in [0.717, 1.165) is 0 Å². The Kier molecular flexibility index (Phi) is 4.79. The van der Waals surface area contributed by atoms with Gasteiger partial charge in [0, 0.05) is 30.1 Å². The van der Waals surface area contributed by atoms with Crippen LogP contribution in [0.3, 0.4) is 0 Å². The largest absolute Gasteiger partial charge is 0.497 e. The summed E-state index contributed by atoms with van der Waals surface area (Å²) in [6.45, 7) is 0. The molecule has 0 unspecified atom stereocenters. The molecular formula is C17H13FN4O3. The molecule has 0 fully saturated rings. The molecule has 0 aliphatic rings. The van der Waals surface area contributed by atoms with Gasteiger partial charge in [0.15, 0.2) is 5.75 Å². The van der Waals surface area contributed by atoms with E-state index in [2.05, 4.69) is 20.3 Å². The van der Waals surface area contributed by atoms with E-state index < -0.39 is 11.7 Å². The van der Waals surface area contributed by atoms with Crippen molar-refractivity contribution in [3.63, 3.8) is 0 Å². The lowest BCUT2D eigenvalue weighted by atomic mass is 10.2. The molecule has 1 aromatic carbocycles.